The van der Waals surface area contributed by atoms with Crippen molar-refractivity contribution in [2.24, 2.45) is 0 Å². The second kappa shape index (κ2) is 6.19. The highest BCUT2D eigenvalue weighted by atomic mass is 31.2. The third kappa shape index (κ3) is 4.33. The average molecular weight is 323 g/mol. The van der Waals surface area contributed by atoms with Crippen molar-refractivity contribution >= 4 is 19.2 Å². The first-order valence-corrected chi connectivity index (χ1v) is 7.84. The highest BCUT2D eigenvalue weighted by Gasteiger charge is 2.19. The number of phenolic OH excluding ortho intramolecular Hbond substituents is 2. The molecule has 116 valence electrons. The van der Waals surface area contributed by atoms with Crippen molar-refractivity contribution in [3.05, 3.63) is 53.6 Å². The molecule has 0 heterocycles. The predicted octanol–water partition coefficient (Wildman–Crippen LogP) is 2.03. The van der Waals surface area contributed by atoms with Crippen LogP contribution >= 0.6 is 7.75 Å². The zero-order valence-electron chi connectivity index (χ0n) is 11.3. The smallest absolute Gasteiger partial charge is 0.427 e. The maximum atomic E-state index is 12.3. The highest BCUT2D eigenvalue weighted by molar-refractivity contribution is 7.53. The molecule has 0 unspecified atom stereocenters. The van der Waals surface area contributed by atoms with Gasteiger partial charge in [0.15, 0.2) is 5.78 Å². The molecule has 0 aliphatic rings. The van der Waals surface area contributed by atoms with E-state index in [9.17, 15) is 19.6 Å². The van der Waals surface area contributed by atoms with E-state index in [1.165, 1.54) is 24.3 Å². The third-order valence-corrected chi connectivity index (χ3v) is 3.38. The van der Waals surface area contributed by atoms with Gasteiger partial charge in [-0.25, -0.2) is 4.57 Å². The van der Waals surface area contributed by atoms with E-state index in [0.29, 0.717) is 5.56 Å². The summed E-state index contributed by atoms with van der Waals surface area (Å²) in [7, 11) is -4.62. The number of carbonyl (C=O) groups is 1. The summed E-state index contributed by atoms with van der Waals surface area (Å²) in [6, 6.07) is 9.72. The summed E-state index contributed by atoms with van der Waals surface area (Å²) in [5, 5.41) is 20.7. The van der Waals surface area contributed by atoms with Crippen LogP contribution in [-0.4, -0.2) is 25.8 Å². The Morgan fingerprint density at radius 3 is 2.36 bits per heavy atom. The molecule has 7 nitrogen and oxygen atoms in total. The Labute approximate surface area is 126 Å². The van der Waals surface area contributed by atoms with Gasteiger partial charge in [0.2, 0.25) is 0 Å². The second-order valence-corrected chi connectivity index (χ2v) is 5.97. The first kappa shape index (κ1) is 16.0. The average Bonchev–Trinajstić information content (AvgIpc) is 2.36. The summed E-state index contributed by atoms with van der Waals surface area (Å²) in [5.74, 6) is -0.629. The fraction of sp³-hybridized carbons (Fsp3) is 0.0714. The van der Waals surface area contributed by atoms with Crippen LogP contribution in [0.1, 0.15) is 15.9 Å². The molecule has 2 rings (SSSR count). The fourth-order valence-electron chi connectivity index (χ4n) is 1.97. The van der Waals surface area contributed by atoms with Gasteiger partial charge in [-0.1, -0.05) is 12.1 Å². The van der Waals surface area contributed by atoms with Crippen molar-refractivity contribution < 1.29 is 29.4 Å². The van der Waals surface area contributed by atoms with Crippen molar-refractivity contribution in [1.82, 2.24) is 0 Å². The van der Waals surface area contributed by atoms with Crippen LogP contribution in [-0.2, 0) is 11.0 Å². The predicted molar refractivity (Wildman–Crippen MR) is 79.9 cm³/mol. The Bertz CT molecular complexity index is 755. The lowest BCUT2D eigenvalue weighted by Gasteiger charge is -2.12. The maximum absolute atomic E-state index is 12.3. The van der Waals surface area contributed by atoms with Crippen LogP contribution in [0.15, 0.2) is 42.5 Å². The molecule has 0 radical (unpaired) electrons. The third-order valence-electron chi connectivity index (χ3n) is 2.84. The molecule has 22 heavy (non-hydrogen) atoms. The summed E-state index contributed by atoms with van der Waals surface area (Å²) in [4.78, 5) is 30.2. The molecule has 0 bridgehead atoms. The van der Waals surface area contributed by atoms with E-state index in [1.54, 1.807) is 12.1 Å². The van der Waals surface area contributed by atoms with Crippen molar-refractivity contribution in [2.75, 3.05) is 5.09 Å². The number of nitrogens with one attached hydrogen (secondary N) is 1. The summed E-state index contributed by atoms with van der Waals surface area (Å²) in [6.45, 7) is 0. The number of carbonyl (C=O) groups excluding carboxylic acids is 1. The number of phenols is 2. The summed E-state index contributed by atoms with van der Waals surface area (Å²) in [6.07, 6.45) is -0.0605. The SMILES string of the molecule is O=C(Cc1cccc(O)c1)c1ccc(O)cc1NP(=O)(O)O. The quantitative estimate of drug-likeness (QED) is 0.421. The molecule has 0 aromatic heterocycles. The minimum absolute atomic E-state index is 0.0181. The van der Waals surface area contributed by atoms with Gasteiger partial charge < -0.3 is 20.0 Å². The normalized spacial score (nSPS) is 11.2. The monoisotopic (exact) mass is 323 g/mol. The van der Waals surface area contributed by atoms with E-state index in [-0.39, 0.29) is 29.2 Å². The van der Waals surface area contributed by atoms with Gasteiger partial charge >= 0.3 is 7.75 Å². The minimum atomic E-state index is -4.62. The van der Waals surface area contributed by atoms with Crippen LogP contribution in [0.2, 0.25) is 0 Å². The number of hydrogen-bond donors (Lipinski definition) is 5. The van der Waals surface area contributed by atoms with E-state index in [1.807, 2.05) is 5.09 Å². The topological polar surface area (TPSA) is 127 Å². The van der Waals surface area contributed by atoms with Crippen LogP contribution in [0, 0.1) is 0 Å². The molecule has 0 atom stereocenters. The lowest BCUT2D eigenvalue weighted by Crippen LogP contribution is -2.08. The Hall–Kier alpha value is -2.34. The van der Waals surface area contributed by atoms with E-state index in [2.05, 4.69) is 0 Å². The molecule has 0 saturated heterocycles. The Kier molecular flexibility index (Phi) is 4.51. The summed E-state index contributed by atoms with van der Waals surface area (Å²) < 4.78 is 11.0. The van der Waals surface area contributed by atoms with Gasteiger partial charge in [-0.3, -0.25) is 9.88 Å². The molecule has 0 aliphatic heterocycles. The number of ketones is 1. The fourth-order valence-corrected chi connectivity index (χ4v) is 2.47. The maximum Gasteiger partial charge on any atom is 0.427 e. The van der Waals surface area contributed by atoms with Crippen molar-refractivity contribution in [2.45, 2.75) is 6.42 Å². The van der Waals surface area contributed by atoms with Crippen molar-refractivity contribution in [1.29, 1.82) is 0 Å². The number of anilines is 1. The van der Waals surface area contributed by atoms with Crippen LogP contribution in [0.3, 0.4) is 0 Å². The largest absolute Gasteiger partial charge is 0.508 e. The molecule has 0 spiro atoms. The Balaban J connectivity index is 2.31. The van der Waals surface area contributed by atoms with Gasteiger partial charge in [0.05, 0.1) is 5.69 Å². The van der Waals surface area contributed by atoms with Gasteiger partial charge in [0.1, 0.15) is 11.5 Å². The number of benzene rings is 2. The minimum Gasteiger partial charge on any atom is -0.508 e. The molecule has 0 aliphatic carbocycles. The molecule has 2 aromatic rings. The van der Waals surface area contributed by atoms with Gasteiger partial charge in [0.25, 0.3) is 0 Å². The van der Waals surface area contributed by atoms with Crippen LogP contribution in [0.5, 0.6) is 11.5 Å². The lowest BCUT2D eigenvalue weighted by atomic mass is 10.0. The zero-order chi connectivity index (χ0) is 16.3. The second-order valence-electron chi connectivity index (χ2n) is 4.66. The number of Topliss-reactive ketones (excluding diaryl/α,β-unsaturated/α-hetero) is 1. The van der Waals surface area contributed by atoms with Crippen molar-refractivity contribution in [3.8, 4) is 11.5 Å². The molecule has 0 fully saturated rings. The standard InChI is InChI=1S/C14H14NO6P/c16-10-3-1-2-9(6-10)7-14(18)12-5-4-11(17)8-13(12)15-22(19,20)21/h1-6,8,16-17H,7H2,(H3,15,19,20,21). The molecule has 8 heteroatoms. The van der Waals surface area contributed by atoms with E-state index >= 15 is 0 Å². The molecular formula is C14H14NO6P. The molecule has 0 amide bonds. The molecule has 0 saturated carbocycles. The van der Waals surface area contributed by atoms with Gasteiger partial charge in [-0.2, -0.15) is 0 Å². The highest BCUT2D eigenvalue weighted by Crippen LogP contribution is 2.38. The number of rotatable bonds is 5. The van der Waals surface area contributed by atoms with E-state index in [0.717, 1.165) is 6.07 Å². The van der Waals surface area contributed by atoms with Gasteiger partial charge in [-0.05, 0) is 29.8 Å². The van der Waals surface area contributed by atoms with E-state index in [4.69, 9.17) is 9.79 Å². The summed E-state index contributed by atoms with van der Waals surface area (Å²) >= 11 is 0. The number of aromatic hydroxyl groups is 2. The molecule has 5 N–H and O–H groups in total. The summed E-state index contributed by atoms with van der Waals surface area (Å²) in [5.41, 5.74) is 0.433. The molecule has 2 aromatic carbocycles. The van der Waals surface area contributed by atoms with E-state index < -0.39 is 13.5 Å². The zero-order valence-corrected chi connectivity index (χ0v) is 12.2. The van der Waals surface area contributed by atoms with Crippen molar-refractivity contribution in [3.63, 3.8) is 0 Å². The van der Waals surface area contributed by atoms with Crippen LogP contribution < -0.4 is 5.09 Å². The van der Waals surface area contributed by atoms with Gasteiger partial charge in [-0.15, -0.1) is 0 Å². The number of hydrogen-bond acceptors (Lipinski definition) is 4. The Morgan fingerprint density at radius 1 is 1.05 bits per heavy atom. The van der Waals surface area contributed by atoms with Crippen LogP contribution in [0.4, 0.5) is 5.69 Å². The molecular weight excluding hydrogens is 309 g/mol. The first-order valence-electron chi connectivity index (χ1n) is 6.22. The van der Waals surface area contributed by atoms with Crippen LogP contribution in [0.25, 0.3) is 0 Å². The Morgan fingerprint density at radius 2 is 1.73 bits per heavy atom. The van der Waals surface area contributed by atoms with Gasteiger partial charge in [0, 0.05) is 18.1 Å². The first-order chi connectivity index (χ1) is 10.2. The lowest BCUT2D eigenvalue weighted by molar-refractivity contribution is 0.0994.